The first-order chi connectivity index (χ1) is 48.5. The van der Waals surface area contributed by atoms with Crippen LogP contribution in [0.2, 0.25) is 0 Å². The molecule has 31 heteroatoms. The Morgan fingerprint density at radius 2 is 1.37 bits per heavy atom. The minimum atomic E-state index is -4.20. The third-order valence-corrected chi connectivity index (χ3v) is 18.7. The number of esters is 2. The highest BCUT2D eigenvalue weighted by Gasteiger charge is 2.45. The van der Waals surface area contributed by atoms with Crippen molar-refractivity contribution in [3.63, 3.8) is 0 Å². The van der Waals surface area contributed by atoms with Crippen molar-refractivity contribution in [2.24, 2.45) is 22.8 Å². The highest BCUT2D eigenvalue weighted by molar-refractivity contribution is 7.91. The molecule has 542 valence electrons. The Balaban J connectivity index is 0.000000173. The van der Waals surface area contributed by atoms with Crippen LogP contribution in [0.1, 0.15) is 115 Å². The minimum Gasteiger partial charge on any atom is -0.491 e. The van der Waals surface area contributed by atoms with Gasteiger partial charge in [0.15, 0.2) is 26.9 Å². The number of hydrogen-bond donors (Lipinski definition) is 3. The topological polar surface area (TPSA) is 353 Å². The lowest BCUT2D eigenvalue weighted by Gasteiger charge is -2.27. The van der Waals surface area contributed by atoms with E-state index in [9.17, 15) is 45.6 Å². The number of ketones is 1. The molecule has 0 saturated carbocycles. The number of alkyl halides is 1. The molecular formula is C71H82ClN11O17S2. The fraction of sp³-hybridized carbons (Fsp3) is 0.366. The van der Waals surface area contributed by atoms with Gasteiger partial charge in [-0.3, -0.25) is 29.2 Å². The fourth-order valence-corrected chi connectivity index (χ4v) is 13.2. The summed E-state index contributed by atoms with van der Waals surface area (Å²) < 4.78 is 82.3. The molecule has 5 aromatic carbocycles. The molecule has 6 heterocycles. The number of hydrogen-bond acceptors (Lipinski definition) is 22. The van der Waals surface area contributed by atoms with Gasteiger partial charge in [-0.25, -0.2) is 40.5 Å². The third kappa shape index (κ3) is 18.2. The van der Waals surface area contributed by atoms with Crippen LogP contribution in [0.5, 0.6) is 17.6 Å². The van der Waals surface area contributed by atoms with Gasteiger partial charge in [-0.2, -0.15) is 15.0 Å². The molecule has 2 amide bonds. The standard InChI is InChI=1S/C23H32N2O4.C18H17NO3.C16H17N3O5S.C14H16ClN5O5S/c1-7-16-13-15(3)14-17(8-2)18(16)19-20(26)24-9-11-28-12-10-25(24)21(19)29-22(27)23(4,5)6;1-2-21-17(20)16-13-18(22-19-16,14-9-5-3-6-10-14)15-11-7-4-8-12-15;1-9-10(15(20)11-8-17-19(2)16(11)21)4-5-13(25(3,22)23)14(9)12-6-7-24-18-12;1-9-16-12(19-14(17-9)24-2)18-13(21)20-26(22,23)11-6-4-3-5-10(11)25-8-7-15/h13-14H,7-12H2,1-6H3;3-12H,2,13H2,1H3;4-5,8,17H,6-7H2,1-3H3;3-6H,7-8H2,1-2H3,(H2,16,17,18,19,20,21). The van der Waals surface area contributed by atoms with E-state index in [1.54, 1.807) is 36.2 Å². The third-order valence-electron chi connectivity index (χ3n) is 16.0. The summed E-state index contributed by atoms with van der Waals surface area (Å²) in [6, 6.07) is 31.5. The van der Waals surface area contributed by atoms with E-state index in [0.717, 1.165) is 46.9 Å². The molecule has 3 aliphatic heterocycles. The number of fused-ring (bicyclic) bond motifs is 1. The highest BCUT2D eigenvalue weighted by atomic mass is 35.5. The maximum absolute atomic E-state index is 13.5. The number of carbonyl (C=O) groups excluding carboxylic acids is 4. The van der Waals surface area contributed by atoms with E-state index in [0.29, 0.717) is 86.4 Å². The number of halogens is 1. The van der Waals surface area contributed by atoms with Crippen molar-refractivity contribution in [3.8, 4) is 28.8 Å². The minimum absolute atomic E-state index is 0.00623. The molecule has 0 bridgehead atoms. The van der Waals surface area contributed by atoms with E-state index in [2.05, 4.69) is 68.6 Å². The summed E-state index contributed by atoms with van der Waals surface area (Å²) in [5.41, 5.74) is 6.57. The number of aromatic nitrogens is 7. The number of oxime groups is 2. The average molecular weight is 1460 g/mol. The lowest BCUT2D eigenvalue weighted by molar-refractivity contribution is -0.143. The number of urea groups is 1. The van der Waals surface area contributed by atoms with E-state index in [1.165, 1.54) is 60.9 Å². The van der Waals surface area contributed by atoms with Crippen LogP contribution in [0.25, 0.3) is 11.1 Å². The van der Waals surface area contributed by atoms with Crippen molar-refractivity contribution in [2.45, 2.75) is 116 Å². The van der Waals surface area contributed by atoms with Crippen LogP contribution in [-0.2, 0) is 87.2 Å². The van der Waals surface area contributed by atoms with E-state index >= 15 is 0 Å². The first-order valence-electron chi connectivity index (χ1n) is 32.5. The number of benzene rings is 5. The number of nitrogens with one attached hydrogen (secondary N) is 3. The number of sulfonamides is 1. The predicted molar refractivity (Wildman–Crippen MR) is 381 cm³/mol. The zero-order chi connectivity index (χ0) is 74.3. The van der Waals surface area contributed by atoms with Crippen LogP contribution in [-0.4, -0.2) is 138 Å². The summed E-state index contributed by atoms with van der Waals surface area (Å²) in [6.07, 6.45) is 4.84. The number of amides is 2. The van der Waals surface area contributed by atoms with Gasteiger partial charge in [0.05, 0.1) is 68.3 Å². The molecule has 0 spiro atoms. The number of aromatic amines is 1. The van der Waals surface area contributed by atoms with Crippen LogP contribution in [0.4, 0.5) is 10.7 Å². The van der Waals surface area contributed by atoms with Gasteiger partial charge in [0.25, 0.3) is 21.1 Å². The number of ether oxygens (including phenoxy) is 5. The van der Waals surface area contributed by atoms with Crippen LogP contribution in [0.3, 0.4) is 0 Å². The summed E-state index contributed by atoms with van der Waals surface area (Å²) >= 11 is 5.55. The van der Waals surface area contributed by atoms with Crippen molar-refractivity contribution in [3.05, 3.63) is 192 Å². The van der Waals surface area contributed by atoms with Crippen molar-refractivity contribution in [1.82, 2.24) is 38.8 Å². The Morgan fingerprint density at radius 3 is 1.93 bits per heavy atom. The molecule has 0 radical (unpaired) electrons. The Labute approximate surface area is 595 Å². The summed E-state index contributed by atoms with van der Waals surface area (Å²) in [7, 11) is -4.87. The predicted octanol–water partition coefficient (Wildman–Crippen LogP) is 9.10. The van der Waals surface area contributed by atoms with Gasteiger partial charge >= 0.3 is 24.0 Å². The summed E-state index contributed by atoms with van der Waals surface area (Å²) in [5, 5.41) is 12.8. The molecule has 11 rings (SSSR count). The zero-order valence-electron chi connectivity index (χ0n) is 58.7. The van der Waals surface area contributed by atoms with Gasteiger partial charge < -0.3 is 38.5 Å². The second-order valence-corrected chi connectivity index (χ2v) is 28.4. The highest BCUT2D eigenvalue weighted by Crippen LogP contribution is 2.42. The first kappa shape index (κ1) is 77.4. The smallest absolute Gasteiger partial charge is 0.356 e. The Kier molecular flexibility index (Phi) is 25.7. The molecule has 28 nitrogen and oxygen atoms in total. The molecule has 102 heavy (non-hydrogen) atoms. The Morgan fingerprint density at radius 1 is 0.745 bits per heavy atom. The SMILES string of the molecule is CCOC(=O)C1=NOC(c2ccccc2)(c2ccccc2)C1.CCc1cc(C)cc(CC)c1-c1c(OC(=O)C(C)(C)C)n2n(c1=O)CCOCC2.COc1nc(C)nc(NC(=O)NS(=O)(=O)c2ccccc2OCCCl)n1.Cc1c(C(=O)c2c[nH]n(C)c2=O)ccc(S(C)(=O)=O)c1C1=NOCC1. The monoisotopic (exact) mass is 1460 g/mol. The number of methoxy groups -OCH3 is 1. The van der Waals surface area contributed by atoms with Gasteiger partial charge in [0.2, 0.25) is 11.8 Å². The van der Waals surface area contributed by atoms with Crippen molar-refractivity contribution >= 4 is 72.6 Å². The van der Waals surface area contributed by atoms with Gasteiger partial charge in [-0.05, 0) is 108 Å². The fourth-order valence-electron chi connectivity index (χ4n) is 11.1. The van der Waals surface area contributed by atoms with Crippen molar-refractivity contribution < 1.29 is 69.4 Å². The van der Waals surface area contributed by atoms with Crippen molar-refractivity contribution in [2.75, 3.05) is 57.6 Å². The quantitative estimate of drug-likeness (QED) is 0.0386. The molecule has 0 aliphatic carbocycles. The molecule has 3 N–H and O–H groups in total. The molecule has 3 aromatic heterocycles. The lowest BCUT2D eigenvalue weighted by Crippen LogP contribution is -2.35. The molecule has 0 atom stereocenters. The number of aryl methyl sites for hydroxylation is 5. The number of carbonyl (C=O) groups is 4. The van der Waals surface area contributed by atoms with Crippen molar-refractivity contribution in [1.29, 1.82) is 0 Å². The van der Waals surface area contributed by atoms with Crippen LogP contribution >= 0.6 is 11.6 Å². The van der Waals surface area contributed by atoms with Crippen LogP contribution in [0.15, 0.2) is 145 Å². The normalized spacial score (nSPS) is 13.8. The molecule has 0 unspecified atom stereocenters. The lowest BCUT2D eigenvalue weighted by atomic mass is 9.82. The zero-order valence-corrected chi connectivity index (χ0v) is 61.1. The summed E-state index contributed by atoms with van der Waals surface area (Å²) in [6.45, 7) is 19.3. The summed E-state index contributed by atoms with van der Waals surface area (Å²) in [5.74, 6) is -0.518. The van der Waals surface area contributed by atoms with E-state index in [4.69, 9.17) is 45.0 Å². The van der Waals surface area contributed by atoms with Gasteiger partial charge in [0, 0.05) is 48.2 Å². The number of para-hydroxylation sites is 1. The largest absolute Gasteiger partial charge is 0.491 e. The van der Waals surface area contributed by atoms with E-state index in [-0.39, 0.29) is 68.5 Å². The molecule has 0 fully saturated rings. The number of H-pyrrole nitrogens is 1. The van der Waals surface area contributed by atoms with Gasteiger partial charge in [-0.15, -0.1) is 11.6 Å². The molecule has 8 aromatic rings. The van der Waals surface area contributed by atoms with E-state index in [1.807, 2.05) is 86.2 Å². The maximum atomic E-state index is 13.5. The van der Waals surface area contributed by atoms with Crippen LogP contribution in [0, 0.1) is 26.2 Å². The first-order valence-corrected chi connectivity index (χ1v) is 36.4. The Bertz CT molecular complexity index is 4750. The second-order valence-electron chi connectivity index (χ2n) is 24.4. The maximum Gasteiger partial charge on any atom is 0.356 e. The van der Waals surface area contributed by atoms with Crippen LogP contribution < -0.4 is 35.4 Å². The number of nitrogens with zero attached hydrogens (tertiary/aromatic N) is 8. The molecule has 0 saturated heterocycles. The molecular weight excluding hydrogens is 1380 g/mol. The average Bonchev–Trinajstić information content (AvgIpc) is 1.39. The van der Waals surface area contributed by atoms with E-state index < -0.39 is 54.2 Å². The number of rotatable bonds is 19. The Hall–Kier alpha value is -10.3. The molecule has 3 aliphatic rings. The van der Waals surface area contributed by atoms with Gasteiger partial charge in [0.1, 0.15) is 40.8 Å². The second kappa shape index (κ2) is 33.9. The van der Waals surface area contributed by atoms with Gasteiger partial charge in [-0.1, -0.05) is 115 Å². The number of sulfone groups is 1. The summed E-state index contributed by atoms with van der Waals surface area (Å²) in [4.78, 5) is 97.3. The number of anilines is 1.